The molecule has 0 radical (unpaired) electrons. The number of nitrogens with two attached hydrogens (primary N) is 1. The summed E-state index contributed by atoms with van der Waals surface area (Å²) in [6, 6.07) is 0. The van der Waals surface area contributed by atoms with Crippen LogP contribution in [0.5, 0.6) is 0 Å². The van der Waals surface area contributed by atoms with Crippen LogP contribution in [0, 0.1) is 5.92 Å². The molecule has 3 heterocycles. The molecule has 84 valence electrons. The van der Waals surface area contributed by atoms with Gasteiger partial charge in [-0.3, -0.25) is 0 Å². The van der Waals surface area contributed by atoms with Crippen LogP contribution in [-0.2, 0) is 0 Å². The molecule has 1 aliphatic heterocycles. The summed E-state index contributed by atoms with van der Waals surface area (Å²) in [5.74, 6) is 2.41. The minimum atomic E-state index is 0.411. The van der Waals surface area contributed by atoms with Gasteiger partial charge in [-0.05, 0) is 12.5 Å². The SMILES string of the molecule is CC1CNCC1c1nc2ncnc(N)c2[nH]1. The predicted octanol–water partition coefficient (Wildman–Crippen LogP) is 0.258. The standard InChI is InChI=1S/C10H14N6/c1-5-2-12-3-6(5)9-15-7-8(11)13-4-14-10(7)16-9/h4-6,12H,2-3H2,1H3,(H3,11,13,14,15,16). The molecule has 0 spiro atoms. The highest BCUT2D eigenvalue weighted by atomic mass is 15.1. The fourth-order valence-corrected chi connectivity index (χ4v) is 2.22. The highest BCUT2D eigenvalue weighted by Gasteiger charge is 2.27. The highest BCUT2D eigenvalue weighted by Crippen LogP contribution is 2.27. The van der Waals surface area contributed by atoms with Crippen molar-refractivity contribution in [2.45, 2.75) is 12.8 Å². The number of rotatable bonds is 1. The minimum absolute atomic E-state index is 0.411. The van der Waals surface area contributed by atoms with Crippen LogP contribution in [-0.4, -0.2) is 33.0 Å². The summed E-state index contributed by atoms with van der Waals surface area (Å²) in [6.45, 7) is 4.20. The summed E-state index contributed by atoms with van der Waals surface area (Å²) in [5.41, 5.74) is 7.17. The molecule has 2 aromatic heterocycles. The smallest absolute Gasteiger partial charge is 0.183 e. The Morgan fingerprint density at radius 1 is 1.38 bits per heavy atom. The minimum Gasteiger partial charge on any atom is -0.382 e. The van der Waals surface area contributed by atoms with Crippen LogP contribution in [0.2, 0.25) is 0 Å². The van der Waals surface area contributed by atoms with E-state index in [0.717, 1.165) is 24.4 Å². The van der Waals surface area contributed by atoms with E-state index < -0.39 is 0 Å². The largest absolute Gasteiger partial charge is 0.382 e. The Morgan fingerprint density at radius 3 is 2.94 bits per heavy atom. The molecule has 0 aliphatic carbocycles. The zero-order valence-electron chi connectivity index (χ0n) is 9.07. The van der Waals surface area contributed by atoms with Crippen LogP contribution in [0.1, 0.15) is 18.7 Å². The molecule has 2 unspecified atom stereocenters. The van der Waals surface area contributed by atoms with Crippen molar-refractivity contribution in [2.24, 2.45) is 5.92 Å². The maximum atomic E-state index is 5.76. The molecular weight excluding hydrogens is 204 g/mol. The van der Waals surface area contributed by atoms with E-state index in [1.807, 2.05) is 0 Å². The fourth-order valence-electron chi connectivity index (χ4n) is 2.22. The van der Waals surface area contributed by atoms with E-state index in [-0.39, 0.29) is 0 Å². The predicted molar refractivity (Wildman–Crippen MR) is 60.9 cm³/mol. The molecule has 2 aromatic rings. The van der Waals surface area contributed by atoms with Gasteiger partial charge in [-0.1, -0.05) is 6.92 Å². The van der Waals surface area contributed by atoms with Gasteiger partial charge in [0.25, 0.3) is 0 Å². The van der Waals surface area contributed by atoms with E-state index in [1.165, 1.54) is 6.33 Å². The summed E-state index contributed by atoms with van der Waals surface area (Å²) < 4.78 is 0. The van der Waals surface area contributed by atoms with Gasteiger partial charge in [0.1, 0.15) is 17.7 Å². The number of H-pyrrole nitrogens is 1. The molecule has 3 rings (SSSR count). The van der Waals surface area contributed by atoms with Crippen molar-refractivity contribution in [1.82, 2.24) is 25.3 Å². The second-order valence-corrected chi connectivity index (χ2v) is 4.32. The zero-order chi connectivity index (χ0) is 11.1. The Labute approximate surface area is 92.7 Å². The number of nitrogen functional groups attached to an aromatic ring is 1. The quantitative estimate of drug-likeness (QED) is 0.638. The molecule has 6 heteroatoms. The maximum absolute atomic E-state index is 5.76. The van der Waals surface area contributed by atoms with Crippen molar-refractivity contribution < 1.29 is 0 Å². The molecule has 0 saturated carbocycles. The van der Waals surface area contributed by atoms with Gasteiger partial charge >= 0.3 is 0 Å². The lowest BCUT2D eigenvalue weighted by Crippen LogP contribution is -2.09. The molecule has 16 heavy (non-hydrogen) atoms. The van der Waals surface area contributed by atoms with Crippen molar-refractivity contribution in [3.8, 4) is 0 Å². The lowest BCUT2D eigenvalue weighted by atomic mass is 9.98. The van der Waals surface area contributed by atoms with Crippen LogP contribution in [0.4, 0.5) is 5.82 Å². The Balaban J connectivity index is 2.08. The van der Waals surface area contributed by atoms with Gasteiger partial charge in [0.05, 0.1) is 0 Å². The molecule has 2 atom stereocenters. The first-order valence-corrected chi connectivity index (χ1v) is 5.42. The maximum Gasteiger partial charge on any atom is 0.183 e. The summed E-state index contributed by atoms with van der Waals surface area (Å²) >= 11 is 0. The van der Waals surface area contributed by atoms with E-state index >= 15 is 0 Å². The van der Waals surface area contributed by atoms with E-state index in [4.69, 9.17) is 5.73 Å². The topological polar surface area (TPSA) is 92.5 Å². The number of aromatic amines is 1. The Kier molecular flexibility index (Phi) is 2.03. The molecule has 1 aliphatic rings. The van der Waals surface area contributed by atoms with Gasteiger partial charge in [-0.15, -0.1) is 0 Å². The van der Waals surface area contributed by atoms with Crippen LogP contribution in [0.15, 0.2) is 6.33 Å². The van der Waals surface area contributed by atoms with Crippen molar-refractivity contribution in [1.29, 1.82) is 0 Å². The van der Waals surface area contributed by atoms with Crippen molar-refractivity contribution in [2.75, 3.05) is 18.8 Å². The molecule has 1 fully saturated rings. The monoisotopic (exact) mass is 218 g/mol. The van der Waals surface area contributed by atoms with Crippen molar-refractivity contribution in [3.05, 3.63) is 12.2 Å². The fraction of sp³-hybridized carbons (Fsp3) is 0.500. The molecule has 0 aromatic carbocycles. The summed E-state index contributed by atoms with van der Waals surface area (Å²) in [5, 5.41) is 3.35. The molecule has 0 bridgehead atoms. The molecular formula is C10H14N6. The van der Waals surface area contributed by atoms with Gasteiger partial charge in [0.15, 0.2) is 11.5 Å². The highest BCUT2D eigenvalue weighted by molar-refractivity contribution is 5.81. The first-order chi connectivity index (χ1) is 7.75. The number of hydrogen-bond donors (Lipinski definition) is 3. The third-order valence-electron chi connectivity index (χ3n) is 3.20. The molecule has 6 nitrogen and oxygen atoms in total. The number of hydrogen-bond acceptors (Lipinski definition) is 5. The summed E-state index contributed by atoms with van der Waals surface area (Å²) in [6.07, 6.45) is 1.44. The number of nitrogens with one attached hydrogen (secondary N) is 2. The normalized spacial score (nSPS) is 25.3. The zero-order valence-corrected chi connectivity index (χ0v) is 9.07. The van der Waals surface area contributed by atoms with Gasteiger partial charge in [-0.25, -0.2) is 15.0 Å². The summed E-state index contributed by atoms with van der Waals surface area (Å²) in [7, 11) is 0. The Morgan fingerprint density at radius 2 is 2.25 bits per heavy atom. The molecule has 0 amide bonds. The average molecular weight is 218 g/mol. The molecule has 1 saturated heterocycles. The van der Waals surface area contributed by atoms with Crippen LogP contribution >= 0.6 is 0 Å². The van der Waals surface area contributed by atoms with Gasteiger partial charge in [0.2, 0.25) is 0 Å². The average Bonchev–Trinajstić information content (AvgIpc) is 2.84. The van der Waals surface area contributed by atoms with E-state index in [0.29, 0.717) is 23.3 Å². The van der Waals surface area contributed by atoms with Crippen LogP contribution in [0.25, 0.3) is 11.2 Å². The Hall–Kier alpha value is -1.69. The number of nitrogens with zero attached hydrogens (tertiary/aromatic N) is 3. The third-order valence-corrected chi connectivity index (χ3v) is 3.20. The van der Waals surface area contributed by atoms with Gasteiger partial charge < -0.3 is 16.0 Å². The van der Waals surface area contributed by atoms with E-state index in [9.17, 15) is 0 Å². The second kappa shape index (κ2) is 3.41. The third kappa shape index (κ3) is 1.34. The van der Waals surface area contributed by atoms with E-state index in [1.54, 1.807) is 0 Å². The number of aromatic nitrogens is 4. The van der Waals surface area contributed by atoms with Gasteiger partial charge in [-0.2, -0.15) is 0 Å². The van der Waals surface area contributed by atoms with Crippen LogP contribution in [0.3, 0.4) is 0 Å². The van der Waals surface area contributed by atoms with E-state index in [2.05, 4.69) is 32.2 Å². The number of fused-ring (bicyclic) bond motifs is 1. The number of anilines is 1. The number of imidazole rings is 1. The van der Waals surface area contributed by atoms with Crippen LogP contribution < -0.4 is 11.1 Å². The van der Waals surface area contributed by atoms with Crippen molar-refractivity contribution in [3.63, 3.8) is 0 Å². The Bertz CT molecular complexity index is 519. The lowest BCUT2D eigenvalue weighted by molar-refractivity contribution is 0.551. The van der Waals surface area contributed by atoms with Crippen molar-refractivity contribution >= 4 is 17.0 Å². The lowest BCUT2D eigenvalue weighted by Gasteiger charge is -2.09. The van der Waals surface area contributed by atoms with Gasteiger partial charge in [0, 0.05) is 12.5 Å². The second-order valence-electron chi connectivity index (χ2n) is 4.32. The first kappa shape index (κ1) is 9.53. The first-order valence-electron chi connectivity index (χ1n) is 5.42. The summed E-state index contributed by atoms with van der Waals surface area (Å²) in [4.78, 5) is 15.8. The molecule has 4 N–H and O–H groups in total.